The van der Waals surface area contributed by atoms with Gasteiger partial charge in [0.1, 0.15) is 17.3 Å². The number of methoxy groups -OCH3 is 1. The first kappa shape index (κ1) is 17.7. The van der Waals surface area contributed by atoms with Crippen LogP contribution >= 0.6 is 11.8 Å². The maximum absolute atomic E-state index is 12.1. The summed E-state index contributed by atoms with van der Waals surface area (Å²) in [5.74, 6) is 0.763. The van der Waals surface area contributed by atoms with Crippen LogP contribution in [0.25, 0.3) is 17.4 Å². The zero-order valence-corrected chi connectivity index (χ0v) is 14.7. The summed E-state index contributed by atoms with van der Waals surface area (Å²) in [6.07, 6.45) is 1.50. The summed E-state index contributed by atoms with van der Waals surface area (Å²) in [4.78, 5) is 35.7. The lowest BCUT2D eigenvalue weighted by molar-refractivity contribution is -0.384. The van der Waals surface area contributed by atoms with Gasteiger partial charge in [-0.25, -0.2) is 0 Å². The topological polar surface area (TPSA) is 103 Å². The molecule has 1 fully saturated rings. The van der Waals surface area contributed by atoms with Crippen LogP contribution in [0.2, 0.25) is 0 Å². The normalized spacial score (nSPS) is 15.8. The molecule has 2 heterocycles. The van der Waals surface area contributed by atoms with Gasteiger partial charge in [0.2, 0.25) is 0 Å². The van der Waals surface area contributed by atoms with Crippen LogP contribution in [0.1, 0.15) is 12.7 Å². The monoisotopic (exact) mass is 374 g/mol. The number of rotatable bonds is 5. The van der Waals surface area contributed by atoms with E-state index in [1.54, 1.807) is 19.1 Å². The molecule has 1 aliphatic heterocycles. The van der Waals surface area contributed by atoms with E-state index in [4.69, 9.17) is 9.15 Å². The van der Waals surface area contributed by atoms with Crippen molar-refractivity contribution in [1.82, 2.24) is 4.90 Å². The van der Waals surface area contributed by atoms with E-state index in [0.29, 0.717) is 29.4 Å². The van der Waals surface area contributed by atoms with E-state index in [1.807, 2.05) is 0 Å². The van der Waals surface area contributed by atoms with Crippen molar-refractivity contribution in [2.75, 3.05) is 13.7 Å². The number of imide groups is 1. The lowest BCUT2D eigenvalue weighted by atomic mass is 10.1. The molecule has 0 N–H and O–H groups in total. The molecule has 26 heavy (non-hydrogen) atoms. The number of thioether (sulfide) groups is 1. The van der Waals surface area contributed by atoms with Gasteiger partial charge in [-0.05, 0) is 36.9 Å². The number of ether oxygens (including phenoxy) is 1. The van der Waals surface area contributed by atoms with E-state index in [-0.39, 0.29) is 21.7 Å². The minimum absolute atomic E-state index is 0.0920. The predicted octanol–water partition coefficient (Wildman–Crippen LogP) is 3.92. The summed E-state index contributed by atoms with van der Waals surface area (Å²) < 4.78 is 10.9. The molecule has 1 saturated heterocycles. The molecule has 0 aliphatic carbocycles. The Morgan fingerprint density at radius 2 is 2.08 bits per heavy atom. The maximum Gasteiger partial charge on any atom is 0.293 e. The molecule has 134 valence electrons. The van der Waals surface area contributed by atoms with Crippen molar-refractivity contribution in [2.45, 2.75) is 6.92 Å². The standard InChI is InChI=1S/C17H14N2O6S/c1-3-18-16(20)15(26-17(18)21)9-11-5-7-13(25-11)12-6-4-10(19(22)23)8-14(12)24-2/h4-9H,3H2,1-2H3/b15-9-. The highest BCUT2D eigenvalue weighted by molar-refractivity contribution is 8.18. The van der Waals surface area contributed by atoms with Crippen LogP contribution in [0.5, 0.6) is 5.75 Å². The summed E-state index contributed by atoms with van der Waals surface area (Å²) in [5.41, 5.74) is 0.449. The highest BCUT2D eigenvalue weighted by atomic mass is 32.2. The van der Waals surface area contributed by atoms with E-state index >= 15 is 0 Å². The van der Waals surface area contributed by atoms with Gasteiger partial charge in [-0.1, -0.05) is 0 Å². The first-order chi connectivity index (χ1) is 12.4. The quantitative estimate of drug-likeness (QED) is 0.444. The van der Waals surface area contributed by atoms with Crippen molar-refractivity contribution < 1.29 is 23.7 Å². The molecule has 1 aromatic heterocycles. The molecule has 2 amide bonds. The Kier molecular flexibility index (Phi) is 4.81. The van der Waals surface area contributed by atoms with Crippen molar-refractivity contribution >= 4 is 34.7 Å². The van der Waals surface area contributed by atoms with Crippen molar-refractivity contribution in [2.24, 2.45) is 0 Å². The van der Waals surface area contributed by atoms with Gasteiger partial charge < -0.3 is 9.15 Å². The highest BCUT2D eigenvalue weighted by Crippen LogP contribution is 2.36. The Hall–Kier alpha value is -3.07. The van der Waals surface area contributed by atoms with E-state index < -0.39 is 4.92 Å². The number of non-ortho nitro benzene ring substituents is 1. The van der Waals surface area contributed by atoms with Gasteiger partial charge in [0.05, 0.1) is 28.6 Å². The van der Waals surface area contributed by atoms with E-state index in [2.05, 4.69) is 0 Å². The van der Waals surface area contributed by atoms with Crippen LogP contribution in [0.3, 0.4) is 0 Å². The third-order valence-electron chi connectivity index (χ3n) is 3.75. The van der Waals surface area contributed by atoms with E-state index in [0.717, 1.165) is 16.7 Å². The van der Waals surface area contributed by atoms with Gasteiger partial charge in [-0.15, -0.1) is 0 Å². The fraction of sp³-hybridized carbons (Fsp3) is 0.176. The second kappa shape index (κ2) is 7.04. The molecule has 0 radical (unpaired) electrons. The molecule has 8 nitrogen and oxygen atoms in total. The Morgan fingerprint density at radius 1 is 1.31 bits per heavy atom. The van der Waals surface area contributed by atoms with E-state index in [1.165, 1.54) is 31.4 Å². The van der Waals surface area contributed by atoms with Gasteiger partial charge in [0.15, 0.2) is 0 Å². The average Bonchev–Trinajstić information content (AvgIpc) is 3.19. The van der Waals surface area contributed by atoms with Crippen LogP contribution in [-0.2, 0) is 4.79 Å². The van der Waals surface area contributed by atoms with Crippen molar-refractivity contribution in [1.29, 1.82) is 0 Å². The van der Waals surface area contributed by atoms with Crippen LogP contribution < -0.4 is 4.74 Å². The Labute approximate surface area is 152 Å². The average molecular weight is 374 g/mol. The molecule has 3 rings (SSSR count). The molecular weight excluding hydrogens is 360 g/mol. The zero-order valence-electron chi connectivity index (χ0n) is 13.9. The summed E-state index contributed by atoms with van der Waals surface area (Å²) in [7, 11) is 1.41. The zero-order chi connectivity index (χ0) is 18.8. The molecule has 0 saturated carbocycles. The number of carbonyl (C=O) groups is 2. The third kappa shape index (κ3) is 3.21. The van der Waals surface area contributed by atoms with Crippen LogP contribution in [0.4, 0.5) is 10.5 Å². The first-order valence-electron chi connectivity index (χ1n) is 7.62. The Balaban J connectivity index is 1.92. The molecule has 2 aromatic rings. The molecule has 0 spiro atoms. The van der Waals surface area contributed by atoms with Gasteiger partial charge in [0, 0.05) is 18.7 Å². The number of nitro groups is 1. The van der Waals surface area contributed by atoms with Crippen molar-refractivity contribution in [3.8, 4) is 17.1 Å². The second-order valence-electron chi connectivity index (χ2n) is 5.27. The van der Waals surface area contributed by atoms with Gasteiger partial charge in [-0.2, -0.15) is 0 Å². The number of hydrogen-bond donors (Lipinski definition) is 0. The number of nitrogens with zero attached hydrogens (tertiary/aromatic N) is 2. The van der Waals surface area contributed by atoms with Crippen LogP contribution in [0.15, 0.2) is 39.7 Å². The number of hydrogen-bond acceptors (Lipinski definition) is 7. The Bertz CT molecular complexity index is 933. The minimum atomic E-state index is -0.510. The molecule has 0 atom stereocenters. The summed E-state index contributed by atoms with van der Waals surface area (Å²) in [6.45, 7) is 2.04. The number of benzene rings is 1. The highest BCUT2D eigenvalue weighted by Gasteiger charge is 2.34. The second-order valence-corrected chi connectivity index (χ2v) is 6.26. The number of nitro benzene ring substituents is 1. The molecule has 0 unspecified atom stereocenters. The third-order valence-corrected chi connectivity index (χ3v) is 4.66. The predicted molar refractivity (Wildman–Crippen MR) is 95.7 cm³/mol. The summed E-state index contributed by atoms with van der Waals surface area (Å²) in [5, 5.41) is 10.6. The lowest BCUT2D eigenvalue weighted by Crippen LogP contribution is -2.27. The first-order valence-corrected chi connectivity index (χ1v) is 8.44. The summed E-state index contributed by atoms with van der Waals surface area (Å²) >= 11 is 0.858. The lowest BCUT2D eigenvalue weighted by Gasteiger charge is -2.06. The molecule has 1 aliphatic rings. The fourth-order valence-electron chi connectivity index (χ4n) is 2.47. The summed E-state index contributed by atoms with van der Waals surface area (Å²) in [6, 6.07) is 7.51. The van der Waals surface area contributed by atoms with Gasteiger partial charge >= 0.3 is 0 Å². The van der Waals surface area contributed by atoms with Crippen LogP contribution in [0, 0.1) is 10.1 Å². The Morgan fingerprint density at radius 3 is 2.69 bits per heavy atom. The van der Waals surface area contributed by atoms with Gasteiger partial charge in [0.25, 0.3) is 16.8 Å². The maximum atomic E-state index is 12.1. The number of likely N-dealkylation sites (N-methyl/N-ethyl adjacent to an activating group) is 1. The fourth-order valence-corrected chi connectivity index (χ4v) is 3.36. The molecule has 0 bridgehead atoms. The number of furan rings is 1. The molecule has 1 aromatic carbocycles. The van der Waals surface area contributed by atoms with E-state index in [9.17, 15) is 19.7 Å². The van der Waals surface area contributed by atoms with Gasteiger partial charge in [-0.3, -0.25) is 24.6 Å². The van der Waals surface area contributed by atoms with Crippen LogP contribution in [-0.4, -0.2) is 34.6 Å². The molecule has 9 heteroatoms. The van der Waals surface area contributed by atoms with Crippen molar-refractivity contribution in [3.63, 3.8) is 0 Å². The largest absolute Gasteiger partial charge is 0.496 e. The number of amides is 2. The number of carbonyl (C=O) groups excluding carboxylic acids is 2. The minimum Gasteiger partial charge on any atom is -0.496 e. The molecular formula is C17H14N2O6S. The van der Waals surface area contributed by atoms with Crippen molar-refractivity contribution in [3.05, 3.63) is 51.1 Å². The smallest absolute Gasteiger partial charge is 0.293 e. The SMILES string of the molecule is CCN1C(=O)S/C(=C\c2ccc(-c3ccc([N+](=O)[O-])cc3OC)o2)C1=O.